The van der Waals surface area contributed by atoms with E-state index in [-0.39, 0.29) is 17.6 Å². The Bertz CT molecular complexity index is 216. The van der Waals surface area contributed by atoms with Gasteiger partial charge in [-0.2, -0.15) is 0 Å². The van der Waals surface area contributed by atoms with Crippen molar-refractivity contribution in [3.8, 4) is 0 Å². The molecule has 0 spiro atoms. The van der Waals surface area contributed by atoms with Crippen LogP contribution in [0.25, 0.3) is 0 Å². The van der Waals surface area contributed by atoms with E-state index in [0.717, 1.165) is 0 Å². The molecule has 1 amide bonds. The van der Waals surface area contributed by atoms with Gasteiger partial charge in [0, 0.05) is 14.1 Å². The van der Waals surface area contributed by atoms with Crippen molar-refractivity contribution in [2.24, 2.45) is 5.92 Å². The van der Waals surface area contributed by atoms with Gasteiger partial charge in [0.05, 0.1) is 5.75 Å². The quantitative estimate of drug-likeness (QED) is 0.747. The van der Waals surface area contributed by atoms with Gasteiger partial charge in [-0.1, -0.05) is 13.8 Å². The third-order valence-corrected chi connectivity index (χ3v) is 3.25. The first-order valence-corrected chi connectivity index (χ1v) is 5.45. The molecule has 0 aromatic rings. The summed E-state index contributed by atoms with van der Waals surface area (Å²) in [5.41, 5.74) is 0. The van der Waals surface area contributed by atoms with E-state index in [2.05, 4.69) is 0 Å². The van der Waals surface area contributed by atoms with Gasteiger partial charge in [0.25, 0.3) is 0 Å². The third kappa shape index (κ3) is 4.50. The molecule has 14 heavy (non-hydrogen) atoms. The van der Waals surface area contributed by atoms with Crippen LogP contribution >= 0.6 is 11.8 Å². The van der Waals surface area contributed by atoms with E-state index >= 15 is 0 Å². The first-order valence-electron chi connectivity index (χ1n) is 4.40. The minimum atomic E-state index is -0.850. The number of amides is 1. The Morgan fingerprint density at radius 3 is 2.14 bits per heavy atom. The molecule has 0 saturated heterocycles. The molecule has 0 bridgehead atoms. The fourth-order valence-corrected chi connectivity index (χ4v) is 1.95. The molecule has 0 saturated carbocycles. The maximum Gasteiger partial charge on any atom is 0.316 e. The fraction of sp³-hybridized carbons (Fsp3) is 0.778. The lowest BCUT2D eigenvalue weighted by Crippen LogP contribution is -2.28. The molecular weight excluding hydrogens is 202 g/mol. The van der Waals surface area contributed by atoms with Crippen molar-refractivity contribution >= 4 is 23.6 Å². The Morgan fingerprint density at radius 1 is 1.36 bits per heavy atom. The van der Waals surface area contributed by atoms with Gasteiger partial charge in [-0.05, 0) is 5.92 Å². The molecule has 5 heteroatoms. The summed E-state index contributed by atoms with van der Waals surface area (Å²) >= 11 is 1.18. The number of rotatable bonds is 5. The molecule has 0 aromatic heterocycles. The molecular formula is C9H17NO3S. The van der Waals surface area contributed by atoms with Gasteiger partial charge in [-0.15, -0.1) is 11.8 Å². The van der Waals surface area contributed by atoms with Crippen molar-refractivity contribution in [2.75, 3.05) is 19.8 Å². The van der Waals surface area contributed by atoms with Gasteiger partial charge in [-0.25, -0.2) is 0 Å². The van der Waals surface area contributed by atoms with E-state index in [1.165, 1.54) is 16.7 Å². The van der Waals surface area contributed by atoms with Crippen LogP contribution in [0.1, 0.15) is 13.8 Å². The number of carbonyl (C=O) groups is 2. The number of hydrogen-bond donors (Lipinski definition) is 1. The van der Waals surface area contributed by atoms with E-state index in [1.54, 1.807) is 14.1 Å². The fourth-order valence-electron chi connectivity index (χ4n) is 0.839. The first-order chi connectivity index (χ1) is 6.36. The lowest BCUT2D eigenvalue weighted by atomic mass is 10.1. The first kappa shape index (κ1) is 13.3. The Kier molecular flexibility index (Phi) is 5.60. The minimum absolute atomic E-state index is 0.0347. The van der Waals surface area contributed by atoms with Crippen molar-refractivity contribution < 1.29 is 14.7 Å². The zero-order valence-corrected chi connectivity index (χ0v) is 9.80. The minimum Gasteiger partial charge on any atom is -0.480 e. The van der Waals surface area contributed by atoms with Crippen molar-refractivity contribution in [1.29, 1.82) is 0 Å². The monoisotopic (exact) mass is 219 g/mol. The second-order valence-corrected chi connectivity index (χ2v) is 4.73. The van der Waals surface area contributed by atoms with Gasteiger partial charge in [0.2, 0.25) is 5.91 Å². The SMILES string of the molecule is CC(C)C(SCC(=O)N(C)C)C(=O)O. The van der Waals surface area contributed by atoms with Crippen LogP contribution in [-0.2, 0) is 9.59 Å². The molecule has 0 rings (SSSR count). The maximum absolute atomic E-state index is 11.2. The van der Waals surface area contributed by atoms with Crippen molar-refractivity contribution in [3.05, 3.63) is 0 Å². The molecule has 0 fully saturated rings. The summed E-state index contributed by atoms with van der Waals surface area (Å²) in [4.78, 5) is 23.4. The van der Waals surface area contributed by atoms with Crippen LogP contribution in [0.3, 0.4) is 0 Å². The molecule has 0 radical (unpaired) electrons. The van der Waals surface area contributed by atoms with E-state index < -0.39 is 11.2 Å². The van der Waals surface area contributed by atoms with Gasteiger partial charge >= 0.3 is 5.97 Å². The normalized spacial score (nSPS) is 12.6. The number of carbonyl (C=O) groups excluding carboxylic acids is 1. The lowest BCUT2D eigenvalue weighted by Gasteiger charge is -2.16. The molecule has 0 aliphatic carbocycles. The summed E-state index contributed by atoms with van der Waals surface area (Å²) in [7, 11) is 3.32. The number of hydrogen-bond acceptors (Lipinski definition) is 3. The topological polar surface area (TPSA) is 57.6 Å². The number of carboxylic acid groups (broad SMARTS) is 1. The van der Waals surface area contributed by atoms with Gasteiger partial charge in [-0.3, -0.25) is 9.59 Å². The van der Waals surface area contributed by atoms with Crippen LogP contribution in [0, 0.1) is 5.92 Å². The molecule has 82 valence electrons. The predicted octanol–water partition coefficient (Wildman–Crippen LogP) is 0.917. The third-order valence-electron chi connectivity index (χ3n) is 1.73. The second kappa shape index (κ2) is 5.90. The largest absolute Gasteiger partial charge is 0.480 e. The number of aliphatic carboxylic acids is 1. The van der Waals surface area contributed by atoms with Crippen LogP contribution in [0.5, 0.6) is 0 Å². The van der Waals surface area contributed by atoms with E-state index in [1.807, 2.05) is 13.8 Å². The summed E-state index contributed by atoms with van der Waals surface area (Å²) in [6, 6.07) is 0. The molecule has 4 nitrogen and oxygen atoms in total. The summed E-state index contributed by atoms with van der Waals surface area (Å²) in [5, 5.41) is 8.35. The van der Waals surface area contributed by atoms with E-state index in [4.69, 9.17) is 5.11 Å². The van der Waals surface area contributed by atoms with Crippen LogP contribution < -0.4 is 0 Å². The number of nitrogens with zero attached hydrogens (tertiary/aromatic N) is 1. The molecule has 0 aliphatic rings. The Labute approximate surface area is 88.7 Å². The van der Waals surface area contributed by atoms with Crippen LogP contribution in [0.15, 0.2) is 0 Å². The second-order valence-electron chi connectivity index (χ2n) is 3.60. The van der Waals surface area contributed by atoms with Crippen molar-refractivity contribution in [2.45, 2.75) is 19.1 Å². The van der Waals surface area contributed by atoms with Crippen molar-refractivity contribution in [3.63, 3.8) is 0 Å². The highest BCUT2D eigenvalue weighted by Crippen LogP contribution is 2.19. The summed E-state index contributed by atoms with van der Waals surface area (Å²) < 4.78 is 0. The molecule has 1 N–H and O–H groups in total. The van der Waals surface area contributed by atoms with Gasteiger partial charge in [0.1, 0.15) is 5.25 Å². The van der Waals surface area contributed by atoms with E-state index in [9.17, 15) is 9.59 Å². The molecule has 1 unspecified atom stereocenters. The highest BCUT2D eigenvalue weighted by atomic mass is 32.2. The van der Waals surface area contributed by atoms with Crippen LogP contribution in [0.4, 0.5) is 0 Å². The number of thioether (sulfide) groups is 1. The standard InChI is InChI=1S/C9H17NO3S/c1-6(2)8(9(12)13)14-5-7(11)10(3)4/h6,8H,5H2,1-4H3,(H,12,13). The Hall–Kier alpha value is -0.710. The summed E-state index contributed by atoms with van der Waals surface area (Å²) in [6.45, 7) is 3.68. The van der Waals surface area contributed by atoms with Crippen molar-refractivity contribution in [1.82, 2.24) is 4.90 Å². The highest BCUT2D eigenvalue weighted by molar-refractivity contribution is 8.01. The summed E-state index contributed by atoms with van der Waals surface area (Å²) in [5.74, 6) is -0.645. The Morgan fingerprint density at radius 2 is 1.86 bits per heavy atom. The molecule has 0 heterocycles. The lowest BCUT2D eigenvalue weighted by molar-refractivity contribution is -0.137. The predicted molar refractivity (Wildman–Crippen MR) is 57.4 cm³/mol. The van der Waals surface area contributed by atoms with Crippen LogP contribution in [-0.4, -0.2) is 47.0 Å². The summed E-state index contributed by atoms with van der Waals surface area (Å²) in [6.07, 6.45) is 0. The average molecular weight is 219 g/mol. The highest BCUT2D eigenvalue weighted by Gasteiger charge is 2.23. The van der Waals surface area contributed by atoms with E-state index in [0.29, 0.717) is 0 Å². The zero-order valence-electron chi connectivity index (χ0n) is 8.98. The average Bonchev–Trinajstić information content (AvgIpc) is 2.02. The number of carboxylic acids is 1. The molecule has 0 aromatic carbocycles. The molecule has 0 aliphatic heterocycles. The molecule has 1 atom stereocenters. The van der Waals surface area contributed by atoms with Gasteiger partial charge < -0.3 is 10.0 Å². The van der Waals surface area contributed by atoms with Crippen LogP contribution in [0.2, 0.25) is 0 Å². The smallest absolute Gasteiger partial charge is 0.316 e. The van der Waals surface area contributed by atoms with Gasteiger partial charge in [0.15, 0.2) is 0 Å². The Balaban J connectivity index is 4.08. The zero-order chi connectivity index (χ0) is 11.3. The maximum atomic E-state index is 11.2.